The first-order valence-electron chi connectivity index (χ1n) is 29.3. The molecule has 0 bridgehead atoms. The Morgan fingerprint density at radius 1 is 0.323 bits per heavy atom. The van der Waals surface area contributed by atoms with E-state index in [4.69, 9.17) is 14.2 Å². The maximum absolute atomic E-state index is 12.9. The van der Waals surface area contributed by atoms with Crippen molar-refractivity contribution in [1.82, 2.24) is 0 Å². The lowest BCUT2D eigenvalue weighted by atomic mass is 9.99. The Bertz CT molecular complexity index is 995. The molecule has 0 aromatic rings. The summed E-state index contributed by atoms with van der Waals surface area (Å²) in [5.41, 5.74) is 0. The Morgan fingerprint density at radius 3 is 0.877 bits per heavy atom. The highest BCUT2D eigenvalue weighted by molar-refractivity contribution is 5.71. The van der Waals surface area contributed by atoms with E-state index in [2.05, 4.69) is 34.6 Å². The van der Waals surface area contributed by atoms with Crippen molar-refractivity contribution < 1.29 is 28.6 Å². The average Bonchev–Trinajstić information content (AvgIpc) is 3.29. The number of ether oxygens (including phenoxy) is 3. The molecule has 0 aromatic heterocycles. The fourth-order valence-electron chi connectivity index (χ4n) is 9.02. The summed E-state index contributed by atoms with van der Waals surface area (Å²) < 4.78 is 16.9. The van der Waals surface area contributed by atoms with Gasteiger partial charge in [-0.3, -0.25) is 14.4 Å². The fourth-order valence-corrected chi connectivity index (χ4v) is 9.02. The van der Waals surface area contributed by atoms with Crippen LogP contribution in [-0.2, 0) is 28.6 Å². The third-order valence-corrected chi connectivity index (χ3v) is 13.8. The van der Waals surface area contributed by atoms with E-state index in [-0.39, 0.29) is 31.1 Å². The van der Waals surface area contributed by atoms with E-state index in [0.717, 1.165) is 69.6 Å². The predicted molar refractivity (Wildman–Crippen MR) is 280 cm³/mol. The van der Waals surface area contributed by atoms with Crippen molar-refractivity contribution in [3.05, 3.63) is 0 Å². The summed E-state index contributed by atoms with van der Waals surface area (Å²) in [5.74, 6) is 0.901. The van der Waals surface area contributed by atoms with Gasteiger partial charge in [0.1, 0.15) is 13.2 Å². The molecule has 0 aromatic carbocycles. The molecule has 386 valence electrons. The van der Waals surface area contributed by atoms with Crippen LogP contribution in [0, 0.1) is 11.8 Å². The zero-order valence-corrected chi connectivity index (χ0v) is 44.6. The summed E-state index contributed by atoms with van der Waals surface area (Å²) in [6, 6.07) is 0. The van der Waals surface area contributed by atoms with Crippen LogP contribution in [0.5, 0.6) is 0 Å². The predicted octanol–water partition coefficient (Wildman–Crippen LogP) is 19.3. The molecular weight excluding hydrogens is 805 g/mol. The van der Waals surface area contributed by atoms with Gasteiger partial charge in [0.2, 0.25) is 0 Å². The Balaban J connectivity index is 4.28. The van der Waals surface area contributed by atoms with Crippen LogP contribution in [0.4, 0.5) is 0 Å². The van der Waals surface area contributed by atoms with Crippen LogP contribution in [0.25, 0.3) is 0 Å². The van der Waals surface area contributed by atoms with Crippen molar-refractivity contribution in [1.29, 1.82) is 0 Å². The van der Waals surface area contributed by atoms with E-state index in [1.165, 1.54) is 218 Å². The van der Waals surface area contributed by atoms with E-state index >= 15 is 0 Å². The second kappa shape index (κ2) is 51.8. The summed E-state index contributed by atoms with van der Waals surface area (Å²) in [6.07, 6.45) is 55.1. The van der Waals surface area contributed by atoms with Gasteiger partial charge < -0.3 is 14.2 Å². The van der Waals surface area contributed by atoms with Crippen LogP contribution in [0.2, 0.25) is 0 Å². The lowest BCUT2D eigenvalue weighted by molar-refractivity contribution is -0.167. The fraction of sp³-hybridized carbons (Fsp3) is 0.949. The molecule has 6 nitrogen and oxygen atoms in total. The molecule has 6 heteroatoms. The van der Waals surface area contributed by atoms with Gasteiger partial charge in [0.25, 0.3) is 0 Å². The van der Waals surface area contributed by atoms with Crippen LogP contribution in [0.15, 0.2) is 0 Å². The topological polar surface area (TPSA) is 78.9 Å². The van der Waals surface area contributed by atoms with Crippen molar-refractivity contribution in [3.8, 4) is 0 Å². The number of unbranched alkanes of at least 4 members (excludes halogenated alkanes) is 37. The molecule has 0 heterocycles. The number of rotatable bonds is 53. The minimum absolute atomic E-state index is 0.0625. The molecule has 0 fully saturated rings. The first kappa shape index (κ1) is 63.4. The summed E-state index contributed by atoms with van der Waals surface area (Å²) in [4.78, 5) is 38.1. The average molecular weight is 920 g/mol. The molecule has 0 radical (unpaired) electrons. The molecular formula is C59H114O6. The van der Waals surface area contributed by atoms with Crippen LogP contribution < -0.4 is 0 Å². The second-order valence-corrected chi connectivity index (χ2v) is 21.0. The molecule has 1 unspecified atom stereocenters. The highest BCUT2D eigenvalue weighted by Crippen LogP contribution is 2.19. The van der Waals surface area contributed by atoms with E-state index in [9.17, 15) is 14.4 Å². The zero-order chi connectivity index (χ0) is 47.5. The molecule has 0 rings (SSSR count). The zero-order valence-electron chi connectivity index (χ0n) is 44.6. The molecule has 0 aliphatic heterocycles. The lowest BCUT2D eigenvalue weighted by Crippen LogP contribution is -2.30. The first-order valence-corrected chi connectivity index (χ1v) is 29.3. The number of carbonyl (C=O) groups is 3. The summed E-state index contributed by atoms with van der Waals surface area (Å²) in [5, 5.41) is 0. The number of carbonyl (C=O) groups excluding carboxylic acids is 3. The van der Waals surface area contributed by atoms with Gasteiger partial charge in [0.05, 0.1) is 0 Å². The maximum Gasteiger partial charge on any atom is 0.306 e. The highest BCUT2D eigenvalue weighted by Gasteiger charge is 2.19. The van der Waals surface area contributed by atoms with Gasteiger partial charge in [0, 0.05) is 19.3 Å². The highest BCUT2D eigenvalue weighted by atomic mass is 16.6. The minimum atomic E-state index is -0.762. The van der Waals surface area contributed by atoms with E-state index in [0.29, 0.717) is 19.3 Å². The molecule has 65 heavy (non-hydrogen) atoms. The largest absolute Gasteiger partial charge is 0.462 e. The molecule has 0 N–H and O–H groups in total. The lowest BCUT2D eigenvalue weighted by Gasteiger charge is -2.18. The molecule has 0 spiro atoms. The molecule has 2 atom stereocenters. The number of hydrogen-bond acceptors (Lipinski definition) is 6. The Hall–Kier alpha value is -1.59. The van der Waals surface area contributed by atoms with Crippen molar-refractivity contribution >= 4 is 17.9 Å². The Labute approximate surface area is 406 Å². The van der Waals surface area contributed by atoms with Crippen molar-refractivity contribution in [2.45, 2.75) is 336 Å². The quantitative estimate of drug-likeness (QED) is 0.0344. The summed E-state index contributed by atoms with van der Waals surface area (Å²) in [6.45, 7) is 11.5. The molecule has 0 saturated carbocycles. The standard InChI is InChI=1S/C59H114O6/c1-6-8-9-10-11-12-13-24-29-34-39-44-49-57(60)63-52-56(65-59(62)51-46-41-36-31-26-21-16-14-18-22-27-32-37-42-47-54(3)4)53-64-58(61)50-45-40-35-30-25-20-17-15-19-23-28-33-38-43-48-55(5)7-2/h54-56H,6-53H2,1-5H3/t55?,56-/m0/s1. The normalized spacial score (nSPS) is 12.5. The Kier molecular flexibility index (Phi) is 50.5. The van der Waals surface area contributed by atoms with Crippen molar-refractivity contribution in [2.24, 2.45) is 11.8 Å². The number of esters is 3. The van der Waals surface area contributed by atoms with Gasteiger partial charge in [-0.25, -0.2) is 0 Å². The SMILES string of the molecule is CCCCCCCCCCCCCCC(=O)OC[C@@H](COC(=O)CCCCCCCCCCCCCCCCC(C)CC)OC(=O)CCCCCCCCCCCCCCCCC(C)C. The smallest absolute Gasteiger partial charge is 0.306 e. The van der Waals surface area contributed by atoms with Crippen molar-refractivity contribution in [3.63, 3.8) is 0 Å². The third kappa shape index (κ3) is 51.6. The van der Waals surface area contributed by atoms with Crippen LogP contribution in [-0.4, -0.2) is 37.2 Å². The van der Waals surface area contributed by atoms with E-state index in [1.54, 1.807) is 0 Å². The minimum Gasteiger partial charge on any atom is -0.462 e. The monoisotopic (exact) mass is 919 g/mol. The maximum atomic E-state index is 12.9. The van der Waals surface area contributed by atoms with Gasteiger partial charge in [-0.05, 0) is 31.1 Å². The van der Waals surface area contributed by atoms with Crippen LogP contribution in [0.3, 0.4) is 0 Å². The molecule has 0 aliphatic carbocycles. The summed E-state index contributed by atoms with van der Waals surface area (Å²) >= 11 is 0. The van der Waals surface area contributed by atoms with Crippen molar-refractivity contribution in [2.75, 3.05) is 13.2 Å². The van der Waals surface area contributed by atoms with Gasteiger partial charge >= 0.3 is 17.9 Å². The van der Waals surface area contributed by atoms with E-state index < -0.39 is 6.10 Å². The molecule has 0 amide bonds. The second-order valence-electron chi connectivity index (χ2n) is 21.0. The van der Waals surface area contributed by atoms with E-state index in [1.807, 2.05) is 0 Å². The van der Waals surface area contributed by atoms with Crippen LogP contribution in [0.1, 0.15) is 330 Å². The third-order valence-electron chi connectivity index (χ3n) is 13.8. The Morgan fingerprint density at radius 2 is 0.585 bits per heavy atom. The summed E-state index contributed by atoms with van der Waals surface area (Å²) in [7, 11) is 0. The molecule has 0 aliphatic rings. The number of hydrogen-bond donors (Lipinski definition) is 0. The van der Waals surface area contributed by atoms with Gasteiger partial charge in [-0.2, -0.15) is 0 Å². The van der Waals surface area contributed by atoms with Gasteiger partial charge in [-0.15, -0.1) is 0 Å². The molecule has 0 saturated heterocycles. The van der Waals surface area contributed by atoms with Crippen LogP contribution >= 0.6 is 0 Å². The first-order chi connectivity index (χ1) is 31.8. The van der Waals surface area contributed by atoms with Gasteiger partial charge in [0.15, 0.2) is 6.10 Å². The van der Waals surface area contributed by atoms with Gasteiger partial charge in [-0.1, -0.05) is 291 Å².